The summed E-state index contributed by atoms with van der Waals surface area (Å²) >= 11 is 1.46. The van der Waals surface area contributed by atoms with Crippen molar-refractivity contribution in [1.82, 2.24) is 20.2 Å². The molecule has 10 heteroatoms. The highest BCUT2D eigenvalue weighted by atomic mass is 32.1. The van der Waals surface area contributed by atoms with Crippen LogP contribution in [0.15, 0.2) is 41.8 Å². The zero-order chi connectivity index (χ0) is 18.4. The van der Waals surface area contributed by atoms with Gasteiger partial charge in [0.15, 0.2) is 13.2 Å². The van der Waals surface area contributed by atoms with Crippen molar-refractivity contribution in [2.45, 2.75) is 6.54 Å². The van der Waals surface area contributed by atoms with Gasteiger partial charge in [0.2, 0.25) is 5.82 Å². The number of aromatic nitrogens is 4. The van der Waals surface area contributed by atoms with Gasteiger partial charge in [-0.15, -0.1) is 21.5 Å². The first-order valence-corrected chi connectivity index (χ1v) is 8.29. The van der Waals surface area contributed by atoms with Crippen LogP contribution in [0.4, 0.5) is 5.69 Å². The van der Waals surface area contributed by atoms with Gasteiger partial charge in [0.05, 0.1) is 16.5 Å². The molecule has 0 aliphatic heterocycles. The van der Waals surface area contributed by atoms with Gasteiger partial charge < -0.3 is 10.1 Å². The second-order valence-electron chi connectivity index (χ2n) is 5.02. The lowest BCUT2D eigenvalue weighted by atomic mass is 10.2. The van der Waals surface area contributed by atoms with E-state index in [0.29, 0.717) is 17.1 Å². The minimum Gasteiger partial charge on any atom is -0.454 e. The number of tetrazole rings is 1. The van der Waals surface area contributed by atoms with E-state index in [-0.39, 0.29) is 6.54 Å². The van der Waals surface area contributed by atoms with Crippen molar-refractivity contribution in [3.63, 3.8) is 0 Å². The average molecular weight is 368 g/mol. The van der Waals surface area contributed by atoms with E-state index >= 15 is 0 Å². The maximum Gasteiger partial charge on any atom is 0.330 e. The normalized spacial score (nSPS) is 10.1. The molecule has 0 aliphatic rings. The fourth-order valence-electron chi connectivity index (χ4n) is 1.95. The fourth-order valence-corrected chi connectivity index (χ4v) is 2.59. The first kappa shape index (κ1) is 17.2. The summed E-state index contributed by atoms with van der Waals surface area (Å²) in [6.07, 6.45) is 0. The molecule has 1 amide bonds. The summed E-state index contributed by atoms with van der Waals surface area (Å²) < 4.78 is 4.90. The number of ether oxygens (including phenoxy) is 1. The number of carbonyl (C=O) groups excluding carboxylic acids is 2. The van der Waals surface area contributed by atoms with Gasteiger partial charge in [-0.05, 0) is 40.9 Å². The Bertz CT molecular complexity index is 943. The lowest BCUT2D eigenvalue weighted by molar-refractivity contribution is -0.148. The van der Waals surface area contributed by atoms with Crippen LogP contribution in [-0.4, -0.2) is 38.7 Å². The third kappa shape index (κ3) is 4.49. The van der Waals surface area contributed by atoms with Crippen LogP contribution in [0, 0.1) is 11.3 Å². The van der Waals surface area contributed by atoms with E-state index in [0.717, 1.165) is 9.67 Å². The van der Waals surface area contributed by atoms with Crippen molar-refractivity contribution >= 4 is 28.9 Å². The Labute approximate surface area is 151 Å². The highest BCUT2D eigenvalue weighted by Gasteiger charge is 2.12. The van der Waals surface area contributed by atoms with Crippen LogP contribution in [0.25, 0.3) is 10.7 Å². The molecule has 26 heavy (non-hydrogen) atoms. The predicted molar refractivity (Wildman–Crippen MR) is 91.9 cm³/mol. The Kier molecular flexibility index (Phi) is 5.31. The minimum atomic E-state index is -0.657. The first-order chi connectivity index (χ1) is 12.6. The standard InChI is InChI=1S/C16H12N6O3S/c17-8-11-3-5-12(6-4-11)18-14(23)10-25-15(24)9-22-20-16(19-21-22)13-2-1-7-26-13/h1-7H,9-10H2,(H,18,23). The van der Waals surface area contributed by atoms with Crippen molar-refractivity contribution in [2.75, 3.05) is 11.9 Å². The number of benzene rings is 1. The molecule has 3 rings (SSSR count). The van der Waals surface area contributed by atoms with E-state index in [9.17, 15) is 9.59 Å². The van der Waals surface area contributed by atoms with Crippen molar-refractivity contribution < 1.29 is 14.3 Å². The van der Waals surface area contributed by atoms with E-state index in [1.54, 1.807) is 24.3 Å². The lowest BCUT2D eigenvalue weighted by Crippen LogP contribution is -2.23. The second-order valence-corrected chi connectivity index (χ2v) is 5.97. The monoisotopic (exact) mass is 368 g/mol. The molecule has 0 aliphatic carbocycles. The van der Waals surface area contributed by atoms with Gasteiger partial charge in [0.25, 0.3) is 5.91 Å². The molecule has 9 nitrogen and oxygen atoms in total. The molecule has 2 heterocycles. The third-order valence-corrected chi connectivity index (χ3v) is 3.99. The molecule has 1 aromatic carbocycles. The largest absolute Gasteiger partial charge is 0.454 e. The number of carbonyl (C=O) groups is 2. The smallest absolute Gasteiger partial charge is 0.330 e. The molecule has 3 aromatic rings. The van der Waals surface area contributed by atoms with Crippen LogP contribution in [0.5, 0.6) is 0 Å². The van der Waals surface area contributed by atoms with Crippen LogP contribution in [0.1, 0.15) is 5.56 Å². The number of esters is 1. The van der Waals surface area contributed by atoms with Gasteiger partial charge in [0, 0.05) is 5.69 Å². The molecule has 130 valence electrons. The molecular formula is C16H12N6O3S. The van der Waals surface area contributed by atoms with E-state index in [2.05, 4.69) is 20.7 Å². The summed E-state index contributed by atoms with van der Waals surface area (Å²) in [5.74, 6) is -0.727. The van der Waals surface area contributed by atoms with E-state index in [4.69, 9.17) is 10.00 Å². The SMILES string of the molecule is N#Cc1ccc(NC(=O)COC(=O)Cn2nnc(-c3cccs3)n2)cc1. The van der Waals surface area contributed by atoms with Gasteiger partial charge in [-0.1, -0.05) is 6.07 Å². The van der Waals surface area contributed by atoms with Crippen LogP contribution in [0.3, 0.4) is 0 Å². The molecule has 0 spiro atoms. The maximum absolute atomic E-state index is 11.8. The number of hydrogen-bond acceptors (Lipinski definition) is 8. The highest BCUT2D eigenvalue weighted by Crippen LogP contribution is 2.19. The Morgan fingerprint density at radius 2 is 2.08 bits per heavy atom. The van der Waals surface area contributed by atoms with Crippen LogP contribution in [-0.2, 0) is 20.9 Å². The summed E-state index contributed by atoms with van der Waals surface area (Å²) in [6.45, 7) is -0.687. The molecule has 1 N–H and O–H groups in total. The first-order valence-electron chi connectivity index (χ1n) is 7.41. The van der Waals surface area contributed by atoms with E-state index in [1.807, 2.05) is 23.6 Å². The van der Waals surface area contributed by atoms with E-state index in [1.165, 1.54) is 11.3 Å². The molecule has 0 radical (unpaired) electrons. The molecular weight excluding hydrogens is 356 g/mol. The average Bonchev–Trinajstić information content (AvgIpc) is 3.32. The van der Waals surface area contributed by atoms with Gasteiger partial charge >= 0.3 is 5.97 Å². The summed E-state index contributed by atoms with van der Waals surface area (Å²) in [6, 6.07) is 12.0. The van der Waals surface area contributed by atoms with Crippen LogP contribution >= 0.6 is 11.3 Å². The Morgan fingerprint density at radius 3 is 2.77 bits per heavy atom. The quantitative estimate of drug-likeness (QED) is 0.653. The Hall–Kier alpha value is -3.58. The molecule has 0 saturated carbocycles. The fraction of sp³-hybridized carbons (Fsp3) is 0.125. The van der Waals surface area contributed by atoms with Crippen molar-refractivity contribution in [2.24, 2.45) is 0 Å². The third-order valence-electron chi connectivity index (χ3n) is 3.13. The number of hydrogen-bond donors (Lipinski definition) is 1. The number of nitriles is 1. The zero-order valence-corrected chi connectivity index (χ0v) is 14.1. The van der Waals surface area contributed by atoms with Crippen molar-refractivity contribution in [3.8, 4) is 16.8 Å². The zero-order valence-electron chi connectivity index (χ0n) is 13.3. The topological polar surface area (TPSA) is 123 Å². The number of nitrogens with one attached hydrogen (secondary N) is 1. The summed E-state index contributed by atoms with van der Waals surface area (Å²) in [5, 5.41) is 24.9. The van der Waals surface area contributed by atoms with Crippen molar-refractivity contribution in [1.29, 1.82) is 5.26 Å². The predicted octanol–water partition coefficient (Wildman–Crippen LogP) is 1.46. The van der Waals surface area contributed by atoms with Gasteiger partial charge in [-0.3, -0.25) is 4.79 Å². The van der Waals surface area contributed by atoms with Crippen LogP contribution < -0.4 is 5.32 Å². The molecule has 2 aromatic heterocycles. The Morgan fingerprint density at radius 1 is 1.27 bits per heavy atom. The number of rotatable bonds is 6. The van der Waals surface area contributed by atoms with Crippen LogP contribution in [0.2, 0.25) is 0 Å². The summed E-state index contributed by atoms with van der Waals surface area (Å²) in [5.41, 5.74) is 0.986. The molecule has 0 unspecified atom stereocenters. The summed E-state index contributed by atoms with van der Waals surface area (Å²) in [7, 11) is 0. The molecule has 0 atom stereocenters. The lowest BCUT2D eigenvalue weighted by Gasteiger charge is -2.06. The number of amides is 1. The van der Waals surface area contributed by atoms with Gasteiger partial charge in [-0.2, -0.15) is 10.1 Å². The number of anilines is 1. The van der Waals surface area contributed by atoms with Gasteiger partial charge in [0.1, 0.15) is 0 Å². The number of nitrogens with zero attached hydrogens (tertiary/aromatic N) is 5. The summed E-state index contributed by atoms with van der Waals surface area (Å²) in [4.78, 5) is 25.5. The Balaban J connectivity index is 1.46. The number of thiophene rings is 1. The molecule has 0 saturated heterocycles. The maximum atomic E-state index is 11.8. The molecule has 0 fully saturated rings. The molecule has 0 bridgehead atoms. The van der Waals surface area contributed by atoms with Crippen molar-refractivity contribution in [3.05, 3.63) is 47.3 Å². The highest BCUT2D eigenvalue weighted by molar-refractivity contribution is 7.13. The second kappa shape index (κ2) is 8.00. The minimum absolute atomic E-state index is 0.247. The van der Waals surface area contributed by atoms with E-state index < -0.39 is 18.5 Å². The van der Waals surface area contributed by atoms with Gasteiger partial charge in [-0.25, -0.2) is 4.79 Å².